The lowest BCUT2D eigenvalue weighted by Crippen LogP contribution is -2.12. The van der Waals surface area contributed by atoms with E-state index in [-0.39, 0.29) is 5.91 Å². The summed E-state index contributed by atoms with van der Waals surface area (Å²) in [6.07, 6.45) is 1.48. The smallest absolute Gasteiger partial charge is 0.256 e. The molecule has 0 aliphatic heterocycles. The van der Waals surface area contributed by atoms with Gasteiger partial charge in [-0.15, -0.1) is 5.10 Å². The Hall–Kier alpha value is -2.47. The van der Waals surface area contributed by atoms with Crippen molar-refractivity contribution in [2.24, 2.45) is 0 Å². The van der Waals surface area contributed by atoms with E-state index in [4.69, 9.17) is 11.6 Å². The van der Waals surface area contributed by atoms with Crippen molar-refractivity contribution < 1.29 is 4.79 Å². The highest BCUT2D eigenvalue weighted by Gasteiger charge is 2.10. The van der Waals surface area contributed by atoms with Gasteiger partial charge in [0.25, 0.3) is 5.91 Å². The summed E-state index contributed by atoms with van der Waals surface area (Å²) in [4.78, 5) is 16.2. The van der Waals surface area contributed by atoms with Gasteiger partial charge in [0.2, 0.25) is 0 Å². The van der Waals surface area contributed by atoms with E-state index in [1.54, 1.807) is 28.9 Å². The predicted molar refractivity (Wildman–Crippen MR) is 80.4 cm³/mol. The van der Waals surface area contributed by atoms with Crippen molar-refractivity contribution in [3.63, 3.8) is 0 Å². The Morgan fingerprint density at radius 2 is 2.19 bits per heavy atom. The second kappa shape index (κ2) is 5.49. The highest BCUT2D eigenvalue weighted by Crippen LogP contribution is 2.15. The van der Waals surface area contributed by atoms with Gasteiger partial charge in [-0.3, -0.25) is 4.79 Å². The lowest BCUT2D eigenvalue weighted by molar-refractivity contribution is 0.102. The van der Waals surface area contributed by atoms with Gasteiger partial charge in [-0.1, -0.05) is 16.8 Å². The maximum Gasteiger partial charge on any atom is 0.256 e. The number of rotatable bonds is 3. The quantitative estimate of drug-likeness (QED) is 0.807. The number of nitrogens with zero attached hydrogens (tertiary/aromatic N) is 4. The molecule has 1 amide bonds. The number of halogens is 1. The SMILES string of the molecule is CCn1nnc2cc(C(=O)Nc3ccc(Cl)cn3)ccc21. The molecule has 1 N–H and O–H groups in total. The maximum atomic E-state index is 12.2. The Morgan fingerprint density at radius 1 is 1.33 bits per heavy atom. The zero-order valence-corrected chi connectivity index (χ0v) is 12.0. The third-order valence-corrected chi connectivity index (χ3v) is 3.27. The number of carbonyl (C=O) groups excluding carboxylic acids is 1. The average Bonchev–Trinajstić information content (AvgIpc) is 2.91. The second-order valence-electron chi connectivity index (χ2n) is 4.42. The number of hydrogen-bond acceptors (Lipinski definition) is 4. The molecule has 3 rings (SSSR count). The summed E-state index contributed by atoms with van der Waals surface area (Å²) in [5.41, 5.74) is 2.09. The van der Waals surface area contributed by atoms with Crippen LogP contribution in [0.5, 0.6) is 0 Å². The van der Waals surface area contributed by atoms with Crippen LogP contribution in [0.4, 0.5) is 5.82 Å². The molecule has 0 saturated carbocycles. The number of nitrogens with one attached hydrogen (secondary N) is 1. The minimum atomic E-state index is -0.252. The normalized spacial score (nSPS) is 10.8. The van der Waals surface area contributed by atoms with Gasteiger partial charge in [-0.25, -0.2) is 9.67 Å². The summed E-state index contributed by atoms with van der Waals surface area (Å²) in [6.45, 7) is 2.72. The number of hydrogen-bond donors (Lipinski definition) is 1. The molecule has 2 heterocycles. The molecular formula is C14H12ClN5O. The van der Waals surface area contributed by atoms with Crippen molar-refractivity contribution in [3.8, 4) is 0 Å². The molecule has 0 atom stereocenters. The molecule has 0 saturated heterocycles. The van der Waals surface area contributed by atoms with Crippen LogP contribution >= 0.6 is 11.6 Å². The molecule has 0 spiro atoms. The number of amides is 1. The Morgan fingerprint density at radius 3 is 2.90 bits per heavy atom. The monoisotopic (exact) mass is 301 g/mol. The molecule has 0 fully saturated rings. The molecule has 2 aromatic heterocycles. The predicted octanol–water partition coefficient (Wildman–Crippen LogP) is 2.75. The number of pyridine rings is 1. The zero-order chi connectivity index (χ0) is 14.8. The van der Waals surface area contributed by atoms with Crippen LogP contribution in [0.25, 0.3) is 11.0 Å². The first-order valence-electron chi connectivity index (χ1n) is 6.43. The highest BCUT2D eigenvalue weighted by molar-refractivity contribution is 6.30. The van der Waals surface area contributed by atoms with Crippen LogP contribution in [0, 0.1) is 0 Å². The zero-order valence-electron chi connectivity index (χ0n) is 11.2. The van der Waals surface area contributed by atoms with Gasteiger partial charge in [0, 0.05) is 18.3 Å². The van der Waals surface area contributed by atoms with Gasteiger partial charge in [-0.2, -0.15) is 0 Å². The molecule has 106 valence electrons. The number of fused-ring (bicyclic) bond motifs is 1. The number of benzene rings is 1. The van der Waals surface area contributed by atoms with Gasteiger partial charge in [0.1, 0.15) is 11.3 Å². The molecule has 0 aliphatic rings. The third kappa shape index (κ3) is 2.71. The van der Waals surface area contributed by atoms with Crippen molar-refractivity contribution in [2.75, 3.05) is 5.32 Å². The van der Waals surface area contributed by atoms with Crippen LogP contribution in [-0.2, 0) is 6.54 Å². The molecule has 3 aromatic rings. The number of carbonyl (C=O) groups is 1. The van der Waals surface area contributed by atoms with Crippen molar-refractivity contribution in [3.05, 3.63) is 47.1 Å². The Balaban J connectivity index is 1.85. The summed E-state index contributed by atoms with van der Waals surface area (Å²) in [5.74, 6) is 0.194. The van der Waals surface area contributed by atoms with Crippen LogP contribution < -0.4 is 5.32 Å². The van der Waals surface area contributed by atoms with E-state index >= 15 is 0 Å². The minimum Gasteiger partial charge on any atom is -0.307 e. The fourth-order valence-corrected chi connectivity index (χ4v) is 2.10. The Bertz CT molecular complexity index is 797. The average molecular weight is 302 g/mol. The first-order chi connectivity index (χ1) is 10.2. The largest absolute Gasteiger partial charge is 0.307 e. The second-order valence-corrected chi connectivity index (χ2v) is 4.86. The molecule has 0 aliphatic carbocycles. The Labute approximate surface area is 125 Å². The van der Waals surface area contributed by atoms with Crippen molar-refractivity contribution in [1.29, 1.82) is 0 Å². The molecule has 0 bridgehead atoms. The van der Waals surface area contributed by atoms with Crippen molar-refractivity contribution in [2.45, 2.75) is 13.5 Å². The first-order valence-corrected chi connectivity index (χ1v) is 6.81. The van der Waals surface area contributed by atoms with Crippen LogP contribution in [-0.4, -0.2) is 25.9 Å². The summed E-state index contributed by atoms with van der Waals surface area (Å²) < 4.78 is 1.78. The molecule has 6 nitrogen and oxygen atoms in total. The van der Waals surface area contributed by atoms with E-state index in [0.717, 1.165) is 12.1 Å². The third-order valence-electron chi connectivity index (χ3n) is 3.04. The standard InChI is InChI=1S/C14H12ClN5O/c1-2-20-12-5-3-9(7-11(12)18-19-20)14(21)17-13-6-4-10(15)8-16-13/h3-8H,2H2,1H3,(H,16,17,21). The first kappa shape index (κ1) is 13.5. The molecule has 7 heteroatoms. The molecular weight excluding hydrogens is 290 g/mol. The Kier molecular flexibility index (Phi) is 3.53. The van der Waals surface area contributed by atoms with Gasteiger partial charge >= 0.3 is 0 Å². The van der Waals surface area contributed by atoms with Crippen LogP contribution in [0.3, 0.4) is 0 Å². The summed E-state index contributed by atoms with van der Waals surface area (Å²) in [6, 6.07) is 8.60. The number of anilines is 1. The van der Waals surface area contributed by atoms with Gasteiger partial charge in [0.15, 0.2) is 0 Å². The van der Waals surface area contributed by atoms with E-state index in [1.165, 1.54) is 6.20 Å². The van der Waals surface area contributed by atoms with Gasteiger partial charge in [0.05, 0.1) is 10.5 Å². The number of aromatic nitrogens is 4. The van der Waals surface area contributed by atoms with E-state index < -0.39 is 0 Å². The summed E-state index contributed by atoms with van der Waals surface area (Å²) in [7, 11) is 0. The van der Waals surface area contributed by atoms with Crippen molar-refractivity contribution >= 4 is 34.4 Å². The minimum absolute atomic E-state index is 0.252. The fourth-order valence-electron chi connectivity index (χ4n) is 1.99. The van der Waals surface area contributed by atoms with E-state index in [2.05, 4.69) is 20.6 Å². The van der Waals surface area contributed by atoms with E-state index in [1.807, 2.05) is 13.0 Å². The van der Waals surface area contributed by atoms with Gasteiger partial charge < -0.3 is 5.32 Å². The van der Waals surface area contributed by atoms with Gasteiger partial charge in [-0.05, 0) is 37.3 Å². The molecule has 0 unspecified atom stereocenters. The molecule has 21 heavy (non-hydrogen) atoms. The lowest BCUT2D eigenvalue weighted by atomic mass is 10.2. The lowest BCUT2D eigenvalue weighted by Gasteiger charge is -2.04. The summed E-state index contributed by atoms with van der Waals surface area (Å²) >= 11 is 5.75. The highest BCUT2D eigenvalue weighted by atomic mass is 35.5. The van der Waals surface area contributed by atoms with Crippen LogP contribution in [0.15, 0.2) is 36.5 Å². The fraction of sp³-hybridized carbons (Fsp3) is 0.143. The molecule has 0 radical (unpaired) electrons. The summed E-state index contributed by atoms with van der Waals surface area (Å²) in [5, 5.41) is 11.3. The van der Waals surface area contributed by atoms with E-state index in [9.17, 15) is 4.79 Å². The topological polar surface area (TPSA) is 72.7 Å². The number of aryl methyl sites for hydroxylation is 1. The van der Waals surface area contributed by atoms with Crippen molar-refractivity contribution in [1.82, 2.24) is 20.0 Å². The maximum absolute atomic E-state index is 12.2. The van der Waals surface area contributed by atoms with Crippen LogP contribution in [0.1, 0.15) is 17.3 Å². The van der Waals surface area contributed by atoms with E-state index in [0.29, 0.717) is 21.9 Å². The van der Waals surface area contributed by atoms with Crippen LogP contribution in [0.2, 0.25) is 5.02 Å². The molecule has 1 aromatic carbocycles.